The van der Waals surface area contributed by atoms with Crippen LogP contribution < -0.4 is 5.43 Å². The van der Waals surface area contributed by atoms with Crippen molar-refractivity contribution in [2.24, 2.45) is 11.0 Å². The van der Waals surface area contributed by atoms with Crippen molar-refractivity contribution >= 4 is 5.71 Å². The maximum atomic E-state index is 4.38. The maximum absolute atomic E-state index is 4.38. The van der Waals surface area contributed by atoms with E-state index in [9.17, 15) is 0 Å². The highest BCUT2D eigenvalue weighted by molar-refractivity contribution is 5.87. The number of nitrogens with zero attached hydrogens (tertiary/aromatic N) is 7. The van der Waals surface area contributed by atoms with E-state index in [1.165, 1.54) is 88.5 Å². The average molecular weight is 539 g/mol. The van der Waals surface area contributed by atoms with Gasteiger partial charge in [0.05, 0.1) is 0 Å². The van der Waals surface area contributed by atoms with E-state index in [1.807, 2.05) is 24.3 Å². The van der Waals surface area contributed by atoms with Crippen molar-refractivity contribution in [3.05, 3.63) is 72.2 Å². The fraction of sp³-hybridized carbons (Fsp3) is 0.469. The predicted octanol–water partition coefficient (Wildman–Crippen LogP) is 7.50. The van der Waals surface area contributed by atoms with Crippen LogP contribution in [0.1, 0.15) is 90.9 Å². The van der Waals surface area contributed by atoms with Crippen LogP contribution in [0.25, 0.3) is 23.0 Å². The van der Waals surface area contributed by atoms with E-state index in [0.717, 1.165) is 0 Å². The summed E-state index contributed by atoms with van der Waals surface area (Å²) in [6, 6.07) is 11.0. The standard InChI is InChI=1S/C12H8N6.C12H20N2.C8H14/c1-3-7-13-9(5-1)11-15-17-12(18-16-11)10-6-2-4-8-14-10;1-9-11-7-5-3-4-6-8-12(11)10(2)14-13-9;1-2-4-6-8-7-5-3-1/h1-8H;11,14H,3-8H2,1-2H3;1-2H,3-8H2/b;;2-1+. The van der Waals surface area contributed by atoms with Crippen LogP contribution in [0.5, 0.6) is 0 Å². The van der Waals surface area contributed by atoms with Crippen LogP contribution in [0.4, 0.5) is 0 Å². The zero-order chi connectivity index (χ0) is 27.8. The van der Waals surface area contributed by atoms with Crippen LogP contribution in [0.15, 0.2) is 77.3 Å². The Morgan fingerprint density at radius 2 is 1.20 bits per heavy atom. The molecule has 0 spiro atoms. The summed E-state index contributed by atoms with van der Waals surface area (Å²) < 4.78 is 0. The lowest BCUT2D eigenvalue weighted by atomic mass is 9.82. The Kier molecular flexibility index (Phi) is 11.9. The number of rotatable bonds is 2. The van der Waals surface area contributed by atoms with Gasteiger partial charge in [0.15, 0.2) is 0 Å². The Balaban J connectivity index is 0.000000149. The van der Waals surface area contributed by atoms with Crippen LogP contribution in [0, 0.1) is 5.92 Å². The third-order valence-electron chi connectivity index (χ3n) is 7.42. The third kappa shape index (κ3) is 9.14. The molecule has 0 amide bonds. The van der Waals surface area contributed by atoms with Crippen LogP contribution in [0.3, 0.4) is 0 Å². The summed E-state index contributed by atoms with van der Waals surface area (Å²) in [6.07, 6.45) is 24.5. The van der Waals surface area contributed by atoms with E-state index in [2.05, 4.69) is 66.9 Å². The summed E-state index contributed by atoms with van der Waals surface area (Å²) in [5, 5.41) is 20.4. The molecule has 1 unspecified atom stereocenters. The largest absolute Gasteiger partial charge is 0.283 e. The normalized spacial score (nSPS) is 19.8. The minimum absolute atomic E-state index is 0.398. The highest BCUT2D eigenvalue weighted by Gasteiger charge is 2.23. The summed E-state index contributed by atoms with van der Waals surface area (Å²) in [7, 11) is 0. The number of hydrazone groups is 1. The Labute approximate surface area is 238 Å². The Morgan fingerprint density at radius 3 is 1.75 bits per heavy atom. The third-order valence-corrected chi connectivity index (χ3v) is 7.42. The Morgan fingerprint density at radius 1 is 0.650 bits per heavy atom. The molecule has 40 heavy (non-hydrogen) atoms. The number of hydrogen-bond acceptors (Lipinski definition) is 8. The van der Waals surface area contributed by atoms with Crippen LogP contribution >= 0.6 is 0 Å². The fourth-order valence-corrected chi connectivity index (χ4v) is 5.14. The first-order chi connectivity index (χ1) is 19.7. The van der Waals surface area contributed by atoms with E-state index < -0.39 is 0 Å². The molecule has 8 heteroatoms. The van der Waals surface area contributed by atoms with Gasteiger partial charge in [-0.2, -0.15) is 5.10 Å². The van der Waals surface area contributed by atoms with Crippen LogP contribution in [0.2, 0.25) is 0 Å². The van der Waals surface area contributed by atoms with Crippen LogP contribution in [-0.2, 0) is 0 Å². The van der Waals surface area contributed by atoms with Gasteiger partial charge in [0, 0.05) is 29.7 Å². The zero-order valence-corrected chi connectivity index (χ0v) is 24.0. The summed E-state index contributed by atoms with van der Waals surface area (Å²) >= 11 is 0. The zero-order valence-electron chi connectivity index (χ0n) is 24.0. The molecule has 1 N–H and O–H groups in total. The van der Waals surface area contributed by atoms with Crippen molar-refractivity contribution in [2.75, 3.05) is 0 Å². The van der Waals surface area contributed by atoms with Gasteiger partial charge < -0.3 is 0 Å². The minimum atomic E-state index is 0.398. The van der Waals surface area contributed by atoms with E-state index >= 15 is 0 Å². The highest BCUT2D eigenvalue weighted by Crippen LogP contribution is 2.31. The molecular formula is C32H42N8. The predicted molar refractivity (Wildman–Crippen MR) is 161 cm³/mol. The molecule has 1 saturated carbocycles. The second kappa shape index (κ2) is 16.3. The molecule has 1 fully saturated rings. The summed E-state index contributed by atoms with van der Waals surface area (Å²) in [5.74, 6) is 1.45. The number of allylic oxidation sites excluding steroid dienone is 4. The van der Waals surface area contributed by atoms with Crippen LogP contribution in [-0.4, -0.2) is 36.1 Å². The summed E-state index contributed by atoms with van der Waals surface area (Å²) in [5.41, 5.74) is 8.65. The van der Waals surface area contributed by atoms with Gasteiger partial charge >= 0.3 is 0 Å². The minimum Gasteiger partial charge on any atom is -0.283 e. The van der Waals surface area contributed by atoms with E-state index in [1.54, 1.807) is 30.1 Å². The van der Waals surface area contributed by atoms with E-state index in [4.69, 9.17) is 0 Å². The lowest BCUT2D eigenvalue weighted by Gasteiger charge is -2.28. The Bertz CT molecular complexity index is 1170. The van der Waals surface area contributed by atoms with Gasteiger partial charge in [-0.25, -0.2) is 0 Å². The SMILES string of the molecule is C1=C/CCCCCC/1.CC1=NNC(C)=C2CCCCCCC12.c1ccc(-c2nnc(-c3ccccn3)nn2)nc1. The number of hydrogen-bond donors (Lipinski definition) is 1. The van der Waals surface area contributed by atoms with Crippen molar-refractivity contribution in [1.29, 1.82) is 0 Å². The van der Waals surface area contributed by atoms with Gasteiger partial charge in [-0.05, 0) is 88.6 Å². The van der Waals surface area contributed by atoms with Crippen molar-refractivity contribution in [3.8, 4) is 23.0 Å². The van der Waals surface area contributed by atoms with Gasteiger partial charge in [-0.15, -0.1) is 20.4 Å². The number of pyridine rings is 2. The molecule has 2 aliphatic carbocycles. The molecule has 0 saturated heterocycles. The summed E-state index contributed by atoms with van der Waals surface area (Å²) in [4.78, 5) is 8.26. The van der Waals surface area contributed by atoms with Crippen molar-refractivity contribution in [1.82, 2.24) is 35.8 Å². The molecular weight excluding hydrogens is 496 g/mol. The monoisotopic (exact) mass is 538 g/mol. The van der Waals surface area contributed by atoms with Gasteiger partial charge in [-0.1, -0.05) is 56.4 Å². The van der Waals surface area contributed by atoms with Gasteiger partial charge in [-0.3, -0.25) is 15.4 Å². The molecule has 210 valence electrons. The second-order valence-corrected chi connectivity index (χ2v) is 10.5. The average Bonchev–Trinajstić information content (AvgIpc) is 2.97. The topological polar surface area (TPSA) is 102 Å². The molecule has 1 atom stereocenters. The smallest absolute Gasteiger partial charge is 0.221 e. The maximum Gasteiger partial charge on any atom is 0.221 e. The molecule has 1 aliphatic heterocycles. The quantitative estimate of drug-likeness (QED) is 0.337. The molecule has 8 nitrogen and oxygen atoms in total. The molecule has 6 rings (SSSR count). The van der Waals surface area contributed by atoms with Gasteiger partial charge in [0.25, 0.3) is 0 Å². The van der Waals surface area contributed by atoms with Crippen molar-refractivity contribution < 1.29 is 0 Å². The number of nitrogens with one attached hydrogen (secondary N) is 1. The van der Waals surface area contributed by atoms with E-state index in [0.29, 0.717) is 29.0 Å². The Hall–Kier alpha value is -3.81. The first-order valence-electron chi connectivity index (χ1n) is 14.8. The number of fused-ring (bicyclic) bond motifs is 1. The van der Waals surface area contributed by atoms with Gasteiger partial charge in [0.1, 0.15) is 11.4 Å². The molecule has 0 radical (unpaired) electrons. The van der Waals surface area contributed by atoms with E-state index in [-0.39, 0.29) is 0 Å². The van der Waals surface area contributed by atoms with Crippen molar-refractivity contribution in [2.45, 2.75) is 90.9 Å². The lowest BCUT2D eigenvalue weighted by Crippen LogP contribution is -2.26. The molecule has 3 aromatic rings. The highest BCUT2D eigenvalue weighted by atomic mass is 15.3. The number of aromatic nitrogens is 6. The molecule has 4 heterocycles. The molecule has 3 aromatic heterocycles. The van der Waals surface area contributed by atoms with Crippen molar-refractivity contribution in [3.63, 3.8) is 0 Å². The first kappa shape index (κ1) is 29.2. The summed E-state index contributed by atoms with van der Waals surface area (Å²) in [6.45, 7) is 4.32. The molecule has 0 bridgehead atoms. The molecule has 3 aliphatic rings. The first-order valence-corrected chi connectivity index (χ1v) is 14.8. The van der Waals surface area contributed by atoms with Gasteiger partial charge in [0.2, 0.25) is 11.6 Å². The molecule has 0 aromatic carbocycles. The second-order valence-electron chi connectivity index (χ2n) is 10.5. The fourth-order valence-electron chi connectivity index (χ4n) is 5.14. The lowest BCUT2D eigenvalue weighted by molar-refractivity contribution is 0.510.